The Morgan fingerprint density at radius 1 is 0.515 bits per heavy atom. The van der Waals surface area contributed by atoms with Gasteiger partial charge in [-0.15, -0.1) is 0 Å². The van der Waals surface area contributed by atoms with E-state index in [0.717, 1.165) is 57.8 Å². The van der Waals surface area contributed by atoms with E-state index >= 15 is 0 Å². The Morgan fingerprint density at radius 2 is 0.868 bits per heavy atom. The normalized spacial score (nSPS) is 14.3. The van der Waals surface area contributed by atoms with Gasteiger partial charge in [-0.2, -0.15) is 0 Å². The number of quaternary nitrogens is 1. The monoisotopic (exact) mass is 977 g/mol. The number of nitrogens with zero attached hydrogens (tertiary/aromatic N) is 1. The molecule has 68 heavy (non-hydrogen) atoms. The zero-order valence-corrected chi connectivity index (χ0v) is 46.5. The van der Waals surface area contributed by atoms with Crippen LogP contribution in [0.2, 0.25) is 0 Å². The minimum Gasteiger partial charge on any atom is -0.756 e. The number of likely N-dealkylation sites (N-methyl/N-ethyl adjacent to an activating group) is 1. The summed E-state index contributed by atoms with van der Waals surface area (Å²) >= 11 is 0. The molecule has 3 atom stereocenters. The molecule has 0 radical (unpaired) electrons. The minimum absolute atomic E-state index is 0.00874. The summed E-state index contributed by atoms with van der Waals surface area (Å²) in [5.41, 5.74) is 0. The lowest BCUT2D eigenvalue weighted by molar-refractivity contribution is -0.870. The topological polar surface area (TPSA) is 108 Å². The summed E-state index contributed by atoms with van der Waals surface area (Å²) in [6.45, 7) is 4.65. The van der Waals surface area contributed by atoms with Gasteiger partial charge >= 0.3 is 0 Å². The smallest absolute Gasteiger partial charge is 0.268 e. The number of carbonyl (C=O) groups is 1. The van der Waals surface area contributed by atoms with Gasteiger partial charge in [0.1, 0.15) is 13.2 Å². The first-order chi connectivity index (χ1) is 33.0. The van der Waals surface area contributed by atoms with Crippen LogP contribution in [0.5, 0.6) is 0 Å². The standard InChI is InChI=1S/C59H113N2O6P/c1-6-8-10-12-14-16-18-20-22-24-26-28-30-32-34-36-38-40-42-44-46-48-50-52-58(62)57(56-67-68(64,65)66-55-54-61(3,4)5)60-59(63)53-51-49-47-45-43-41-39-37-35-33-31-29-27-25-23-21-19-17-15-13-11-9-7-2/h27,29,33,35,42,44,50,52,57-58,62H,6-26,28,30-32,34,36-41,43,45-49,51,53-56H2,1-5H3,(H-,60,63,64,65)/b29-27-,35-33-,44-42+,52-50+. The third-order valence-corrected chi connectivity index (χ3v) is 14.0. The van der Waals surface area contributed by atoms with Gasteiger partial charge in [0.25, 0.3) is 7.82 Å². The molecule has 0 aromatic rings. The molecule has 0 aliphatic rings. The Kier molecular flexibility index (Phi) is 49.3. The summed E-state index contributed by atoms with van der Waals surface area (Å²) in [6.07, 6.45) is 66.2. The van der Waals surface area contributed by atoms with Crippen LogP contribution in [0.25, 0.3) is 0 Å². The highest BCUT2D eigenvalue weighted by Crippen LogP contribution is 2.38. The molecule has 8 nitrogen and oxygen atoms in total. The van der Waals surface area contributed by atoms with Crippen LogP contribution in [0.3, 0.4) is 0 Å². The molecular formula is C59H113N2O6P. The van der Waals surface area contributed by atoms with Crippen molar-refractivity contribution in [1.82, 2.24) is 5.32 Å². The van der Waals surface area contributed by atoms with Crippen LogP contribution >= 0.6 is 7.82 Å². The van der Waals surface area contributed by atoms with Crippen molar-refractivity contribution in [3.8, 4) is 0 Å². The number of nitrogens with one attached hydrogen (secondary N) is 1. The zero-order valence-electron chi connectivity index (χ0n) is 45.6. The fourth-order valence-electron chi connectivity index (χ4n) is 8.44. The lowest BCUT2D eigenvalue weighted by Gasteiger charge is -2.29. The van der Waals surface area contributed by atoms with Crippen molar-refractivity contribution in [1.29, 1.82) is 0 Å². The number of phosphoric ester groups is 1. The van der Waals surface area contributed by atoms with Gasteiger partial charge in [-0.1, -0.05) is 249 Å². The fraction of sp³-hybridized carbons (Fsp3) is 0.847. The number of allylic oxidation sites excluding steroid dienone is 7. The van der Waals surface area contributed by atoms with Crippen LogP contribution < -0.4 is 10.2 Å². The van der Waals surface area contributed by atoms with Gasteiger partial charge in [0.05, 0.1) is 39.9 Å². The molecule has 0 saturated heterocycles. The van der Waals surface area contributed by atoms with Gasteiger partial charge in [-0.25, -0.2) is 0 Å². The molecule has 3 unspecified atom stereocenters. The Balaban J connectivity index is 4.28. The maximum atomic E-state index is 13.0. The van der Waals surface area contributed by atoms with Crippen molar-refractivity contribution >= 4 is 13.7 Å². The van der Waals surface area contributed by atoms with E-state index in [1.807, 2.05) is 27.2 Å². The number of hydrogen-bond acceptors (Lipinski definition) is 6. The minimum atomic E-state index is -4.61. The predicted octanol–water partition coefficient (Wildman–Crippen LogP) is 16.9. The molecule has 400 valence electrons. The predicted molar refractivity (Wildman–Crippen MR) is 293 cm³/mol. The second-order valence-corrected chi connectivity index (χ2v) is 22.4. The number of hydrogen-bond donors (Lipinski definition) is 2. The Morgan fingerprint density at radius 3 is 1.28 bits per heavy atom. The first-order valence-corrected chi connectivity index (χ1v) is 30.5. The number of aliphatic hydroxyl groups is 1. The molecule has 0 rings (SSSR count). The van der Waals surface area contributed by atoms with Crippen molar-refractivity contribution in [3.63, 3.8) is 0 Å². The highest BCUT2D eigenvalue weighted by molar-refractivity contribution is 7.45. The van der Waals surface area contributed by atoms with Gasteiger partial charge in [-0.3, -0.25) is 9.36 Å². The van der Waals surface area contributed by atoms with Gasteiger partial charge in [0.15, 0.2) is 0 Å². The summed E-state index contributed by atoms with van der Waals surface area (Å²) in [7, 11) is 1.24. The number of carbonyl (C=O) groups excluding carboxylic acids is 1. The molecule has 0 bridgehead atoms. The maximum absolute atomic E-state index is 13.0. The molecule has 0 aliphatic heterocycles. The van der Waals surface area contributed by atoms with Crippen molar-refractivity contribution in [3.05, 3.63) is 48.6 Å². The highest BCUT2D eigenvalue weighted by Gasteiger charge is 2.23. The third kappa shape index (κ3) is 52.3. The molecule has 0 heterocycles. The maximum Gasteiger partial charge on any atom is 0.268 e. The van der Waals surface area contributed by atoms with E-state index in [-0.39, 0.29) is 12.5 Å². The Labute approximate surface area is 422 Å². The first-order valence-electron chi connectivity index (χ1n) is 29.0. The summed E-state index contributed by atoms with van der Waals surface area (Å²) in [5.74, 6) is -0.213. The number of unbranched alkanes of at least 4 members (excludes halogenated alkanes) is 34. The zero-order chi connectivity index (χ0) is 49.9. The number of aliphatic hydroxyl groups excluding tert-OH is 1. The van der Waals surface area contributed by atoms with Gasteiger partial charge in [0, 0.05) is 6.42 Å². The molecule has 9 heteroatoms. The van der Waals surface area contributed by atoms with Crippen molar-refractivity contribution in [2.24, 2.45) is 0 Å². The van der Waals surface area contributed by atoms with E-state index in [1.54, 1.807) is 6.08 Å². The Bertz CT molecular complexity index is 1250. The molecule has 0 spiro atoms. The van der Waals surface area contributed by atoms with E-state index in [2.05, 4.69) is 55.6 Å². The van der Waals surface area contributed by atoms with Gasteiger partial charge < -0.3 is 28.8 Å². The van der Waals surface area contributed by atoms with Crippen LogP contribution in [-0.2, 0) is 18.4 Å². The third-order valence-electron chi connectivity index (χ3n) is 13.0. The lowest BCUT2D eigenvalue weighted by Crippen LogP contribution is -2.45. The first kappa shape index (κ1) is 66.5. The fourth-order valence-corrected chi connectivity index (χ4v) is 9.16. The summed E-state index contributed by atoms with van der Waals surface area (Å²) in [5, 5.41) is 13.9. The Hall–Kier alpha value is -1.54. The van der Waals surface area contributed by atoms with E-state index in [0.29, 0.717) is 17.4 Å². The lowest BCUT2D eigenvalue weighted by atomic mass is 10.0. The van der Waals surface area contributed by atoms with E-state index in [4.69, 9.17) is 9.05 Å². The summed E-state index contributed by atoms with van der Waals surface area (Å²) in [4.78, 5) is 25.5. The second kappa shape index (κ2) is 50.4. The van der Waals surface area contributed by atoms with Crippen molar-refractivity contribution < 1.29 is 32.9 Å². The number of phosphoric acid groups is 1. The van der Waals surface area contributed by atoms with Crippen LogP contribution in [0.15, 0.2) is 48.6 Å². The molecule has 0 saturated carbocycles. The molecule has 1 amide bonds. The van der Waals surface area contributed by atoms with Crippen LogP contribution in [0.1, 0.15) is 271 Å². The molecule has 0 aliphatic carbocycles. The number of rotatable bonds is 53. The van der Waals surface area contributed by atoms with Crippen molar-refractivity contribution in [2.45, 2.75) is 283 Å². The van der Waals surface area contributed by atoms with Crippen LogP contribution in [-0.4, -0.2) is 68.5 Å². The SMILES string of the molecule is CCCCCCCCCCC/C=C\C/C=C\CCCCCCCCCC(=O)NC(COP(=O)([O-])OCC[N+](C)(C)C)C(O)/C=C/CC/C=C/CCCCCCCCCCCCCCCCCCC. The molecule has 0 aromatic carbocycles. The van der Waals surface area contributed by atoms with Gasteiger partial charge in [-0.05, 0) is 64.2 Å². The van der Waals surface area contributed by atoms with E-state index in [1.165, 1.54) is 193 Å². The van der Waals surface area contributed by atoms with Crippen LogP contribution in [0, 0.1) is 0 Å². The highest BCUT2D eigenvalue weighted by atomic mass is 31.2. The quantitative estimate of drug-likeness (QED) is 0.0272. The molecular weight excluding hydrogens is 864 g/mol. The average molecular weight is 978 g/mol. The van der Waals surface area contributed by atoms with Crippen LogP contribution in [0.4, 0.5) is 0 Å². The molecule has 0 fully saturated rings. The summed E-state index contributed by atoms with van der Waals surface area (Å²) < 4.78 is 23.3. The number of amides is 1. The van der Waals surface area contributed by atoms with E-state index in [9.17, 15) is 19.4 Å². The van der Waals surface area contributed by atoms with Crippen molar-refractivity contribution in [2.75, 3.05) is 40.9 Å². The summed E-state index contributed by atoms with van der Waals surface area (Å²) in [6, 6.07) is -0.909. The largest absolute Gasteiger partial charge is 0.756 e. The second-order valence-electron chi connectivity index (χ2n) is 21.0. The van der Waals surface area contributed by atoms with Gasteiger partial charge in [0.2, 0.25) is 5.91 Å². The molecule has 0 aromatic heterocycles. The van der Waals surface area contributed by atoms with E-state index < -0.39 is 26.6 Å². The molecule has 2 N–H and O–H groups in total. The average Bonchev–Trinajstić information content (AvgIpc) is 3.30.